The zero-order valence-corrected chi connectivity index (χ0v) is 15.7. The summed E-state index contributed by atoms with van der Waals surface area (Å²) >= 11 is 1.45. The summed E-state index contributed by atoms with van der Waals surface area (Å²) in [7, 11) is 0. The summed E-state index contributed by atoms with van der Waals surface area (Å²) < 4.78 is 0. The minimum Gasteiger partial charge on any atom is -0.335 e. The summed E-state index contributed by atoms with van der Waals surface area (Å²) in [5, 5.41) is 1.90. The van der Waals surface area contributed by atoms with Crippen LogP contribution in [0.25, 0.3) is 0 Å². The highest BCUT2D eigenvalue weighted by Crippen LogP contribution is 2.29. The molecular weight excluding hydrogens is 362 g/mol. The average molecular weight is 383 g/mol. The molecule has 0 spiro atoms. The molecule has 27 heavy (non-hydrogen) atoms. The molecule has 2 saturated heterocycles. The molecule has 1 aromatic carbocycles. The normalized spacial score (nSPS) is 21.1. The minimum atomic E-state index is -0.375. The fraction of sp³-hybridized carbons (Fsp3) is 0.350. The summed E-state index contributed by atoms with van der Waals surface area (Å²) in [6, 6.07) is 13.2. The van der Waals surface area contributed by atoms with Gasteiger partial charge in [0.05, 0.1) is 17.5 Å². The van der Waals surface area contributed by atoms with Gasteiger partial charge in [0.1, 0.15) is 0 Å². The fourth-order valence-corrected chi connectivity index (χ4v) is 4.32. The van der Waals surface area contributed by atoms with Gasteiger partial charge in [-0.05, 0) is 17.0 Å². The number of piperazine rings is 1. The summed E-state index contributed by atoms with van der Waals surface area (Å²) in [5.41, 5.74) is 0.893. The first-order valence-electron chi connectivity index (χ1n) is 9.08. The van der Waals surface area contributed by atoms with E-state index >= 15 is 0 Å². The topological polar surface area (TPSA) is 60.9 Å². The third-order valence-electron chi connectivity index (χ3n) is 5.18. The summed E-state index contributed by atoms with van der Waals surface area (Å²) in [6.45, 7) is 2.83. The lowest BCUT2D eigenvalue weighted by atomic mass is 9.98. The quantitative estimate of drug-likeness (QED) is 0.758. The predicted octanol–water partition coefficient (Wildman–Crippen LogP) is 2.01. The Bertz CT molecular complexity index is 829. The zero-order chi connectivity index (χ0) is 18.8. The monoisotopic (exact) mass is 383 g/mol. The number of carbonyl (C=O) groups excluding carboxylic acids is 3. The average Bonchev–Trinajstić information content (AvgIpc) is 3.33. The molecule has 3 heterocycles. The number of nitrogens with zero attached hydrogens (tertiary/aromatic N) is 3. The van der Waals surface area contributed by atoms with Crippen molar-refractivity contribution in [1.82, 2.24) is 14.7 Å². The Hall–Kier alpha value is -2.51. The Morgan fingerprint density at radius 3 is 2.41 bits per heavy atom. The van der Waals surface area contributed by atoms with Gasteiger partial charge in [-0.2, -0.15) is 0 Å². The van der Waals surface area contributed by atoms with Crippen LogP contribution in [0.2, 0.25) is 0 Å². The van der Waals surface area contributed by atoms with Crippen LogP contribution in [0.15, 0.2) is 47.8 Å². The fourth-order valence-electron chi connectivity index (χ4n) is 3.63. The van der Waals surface area contributed by atoms with E-state index in [1.165, 1.54) is 16.2 Å². The van der Waals surface area contributed by atoms with Crippen molar-refractivity contribution < 1.29 is 14.4 Å². The minimum absolute atomic E-state index is 0.0575. The Morgan fingerprint density at radius 1 is 1.00 bits per heavy atom. The summed E-state index contributed by atoms with van der Waals surface area (Å²) in [5.74, 6) is -0.559. The molecule has 0 saturated carbocycles. The largest absolute Gasteiger partial charge is 0.335 e. The molecule has 0 N–H and O–H groups in total. The molecule has 2 aliphatic heterocycles. The number of benzene rings is 1. The van der Waals surface area contributed by atoms with Crippen LogP contribution in [0, 0.1) is 0 Å². The Morgan fingerprint density at radius 2 is 1.74 bits per heavy atom. The van der Waals surface area contributed by atoms with Crippen LogP contribution >= 0.6 is 11.3 Å². The van der Waals surface area contributed by atoms with Crippen LogP contribution in [0.4, 0.5) is 0 Å². The first kappa shape index (κ1) is 17.9. The molecular formula is C20H21N3O3S. The lowest BCUT2D eigenvalue weighted by molar-refractivity contribution is -0.141. The van der Waals surface area contributed by atoms with Gasteiger partial charge < -0.3 is 4.90 Å². The van der Waals surface area contributed by atoms with Gasteiger partial charge in [0.2, 0.25) is 11.8 Å². The molecule has 2 fully saturated rings. The summed E-state index contributed by atoms with van der Waals surface area (Å²) in [6.07, 6.45) is 0.236. The summed E-state index contributed by atoms with van der Waals surface area (Å²) in [4.78, 5) is 43.6. The molecule has 1 atom stereocenters. The smallest absolute Gasteiger partial charge is 0.264 e. The van der Waals surface area contributed by atoms with Crippen molar-refractivity contribution in [2.24, 2.45) is 0 Å². The Balaban J connectivity index is 1.34. The maximum absolute atomic E-state index is 12.7. The maximum Gasteiger partial charge on any atom is 0.264 e. The lowest BCUT2D eigenvalue weighted by Crippen LogP contribution is -2.52. The highest BCUT2D eigenvalue weighted by molar-refractivity contribution is 7.12. The molecule has 0 radical (unpaired) electrons. The standard InChI is InChI=1S/C20H21N3O3S/c24-18-13-16(15-5-2-1-3-6-15)19(25)23(18)14-21-8-10-22(11-9-21)20(26)17-7-4-12-27-17/h1-7,12,16H,8-11,13-14H2/t16-/m1/s1. The number of hydrogen-bond donors (Lipinski definition) is 0. The molecule has 1 aromatic heterocycles. The Kier molecular flexibility index (Phi) is 5.05. The Labute approximate surface area is 162 Å². The van der Waals surface area contributed by atoms with E-state index in [0.717, 1.165) is 10.4 Å². The van der Waals surface area contributed by atoms with Gasteiger partial charge in [-0.1, -0.05) is 36.4 Å². The number of imide groups is 1. The van der Waals surface area contributed by atoms with Gasteiger partial charge in [-0.15, -0.1) is 11.3 Å². The van der Waals surface area contributed by atoms with Crippen LogP contribution in [0.3, 0.4) is 0 Å². The second-order valence-corrected chi connectivity index (χ2v) is 7.80. The number of thiophene rings is 1. The molecule has 4 rings (SSSR count). The molecule has 6 nitrogen and oxygen atoms in total. The van der Waals surface area contributed by atoms with E-state index < -0.39 is 0 Å². The zero-order valence-electron chi connectivity index (χ0n) is 14.9. The van der Waals surface area contributed by atoms with E-state index in [4.69, 9.17) is 0 Å². The van der Waals surface area contributed by atoms with Gasteiger partial charge in [0.25, 0.3) is 5.91 Å². The van der Waals surface area contributed by atoms with Crippen LogP contribution in [-0.2, 0) is 9.59 Å². The van der Waals surface area contributed by atoms with Crippen LogP contribution < -0.4 is 0 Å². The molecule has 2 aliphatic rings. The van der Waals surface area contributed by atoms with Crippen molar-refractivity contribution in [3.05, 3.63) is 58.3 Å². The lowest BCUT2D eigenvalue weighted by Gasteiger charge is -2.36. The van der Waals surface area contributed by atoms with Crippen LogP contribution in [-0.4, -0.2) is 65.3 Å². The number of amides is 3. The van der Waals surface area contributed by atoms with E-state index in [1.807, 2.05) is 52.7 Å². The van der Waals surface area contributed by atoms with Crippen molar-refractivity contribution >= 4 is 29.1 Å². The van der Waals surface area contributed by atoms with Gasteiger partial charge >= 0.3 is 0 Å². The molecule has 0 unspecified atom stereocenters. The third-order valence-corrected chi connectivity index (χ3v) is 6.04. The van der Waals surface area contributed by atoms with E-state index in [-0.39, 0.29) is 30.1 Å². The molecule has 2 aromatic rings. The SMILES string of the molecule is O=C(c1cccs1)N1CCN(CN2C(=O)C[C@H](c3ccccc3)C2=O)CC1. The van der Waals surface area contributed by atoms with E-state index in [2.05, 4.69) is 4.90 Å². The van der Waals surface area contributed by atoms with Crippen molar-refractivity contribution in [3.63, 3.8) is 0 Å². The second kappa shape index (κ2) is 7.62. The van der Waals surface area contributed by atoms with Crippen molar-refractivity contribution in [2.45, 2.75) is 12.3 Å². The molecule has 3 amide bonds. The highest BCUT2D eigenvalue weighted by Gasteiger charge is 2.40. The van der Waals surface area contributed by atoms with Crippen molar-refractivity contribution in [2.75, 3.05) is 32.8 Å². The van der Waals surface area contributed by atoms with Gasteiger partial charge in [0.15, 0.2) is 0 Å². The highest BCUT2D eigenvalue weighted by atomic mass is 32.1. The number of carbonyl (C=O) groups is 3. The number of hydrogen-bond acceptors (Lipinski definition) is 5. The van der Waals surface area contributed by atoms with Gasteiger partial charge in [0, 0.05) is 32.6 Å². The molecule has 0 bridgehead atoms. The van der Waals surface area contributed by atoms with Gasteiger partial charge in [-0.3, -0.25) is 24.2 Å². The maximum atomic E-state index is 12.7. The number of likely N-dealkylation sites (tertiary alicyclic amines) is 1. The van der Waals surface area contributed by atoms with Crippen molar-refractivity contribution in [1.29, 1.82) is 0 Å². The van der Waals surface area contributed by atoms with E-state index in [0.29, 0.717) is 32.8 Å². The predicted molar refractivity (Wildman–Crippen MR) is 102 cm³/mol. The third kappa shape index (κ3) is 3.65. The van der Waals surface area contributed by atoms with Crippen LogP contribution in [0.5, 0.6) is 0 Å². The first-order chi connectivity index (χ1) is 13.1. The molecule has 7 heteroatoms. The molecule has 0 aliphatic carbocycles. The van der Waals surface area contributed by atoms with Crippen LogP contribution in [0.1, 0.15) is 27.6 Å². The van der Waals surface area contributed by atoms with Gasteiger partial charge in [-0.25, -0.2) is 0 Å². The van der Waals surface area contributed by atoms with E-state index in [1.54, 1.807) is 0 Å². The number of rotatable bonds is 4. The first-order valence-corrected chi connectivity index (χ1v) is 9.96. The van der Waals surface area contributed by atoms with Crippen molar-refractivity contribution in [3.8, 4) is 0 Å². The van der Waals surface area contributed by atoms with E-state index in [9.17, 15) is 14.4 Å². The molecule has 140 valence electrons. The second-order valence-electron chi connectivity index (χ2n) is 6.86.